The second-order valence-corrected chi connectivity index (χ2v) is 8.51. The van der Waals surface area contributed by atoms with Gasteiger partial charge in [0.15, 0.2) is 0 Å². The highest BCUT2D eigenvalue weighted by Crippen LogP contribution is 2.26. The Bertz CT molecular complexity index is 1040. The average Bonchev–Trinajstić information content (AvgIpc) is 3.21. The lowest BCUT2D eigenvalue weighted by atomic mass is 9.96. The molecule has 5 N–H and O–H groups in total. The van der Waals surface area contributed by atoms with Gasteiger partial charge in [0.05, 0.1) is 11.3 Å². The smallest absolute Gasteiger partial charge is 0.338 e. The van der Waals surface area contributed by atoms with E-state index in [0.717, 1.165) is 44.5 Å². The zero-order valence-electron chi connectivity index (χ0n) is 18.8. The normalized spacial score (nSPS) is 16.6. The Balaban J connectivity index is 1.24. The summed E-state index contributed by atoms with van der Waals surface area (Å²) in [4.78, 5) is 26.8. The van der Waals surface area contributed by atoms with Crippen molar-refractivity contribution in [2.24, 2.45) is 16.8 Å². The van der Waals surface area contributed by atoms with Crippen molar-refractivity contribution >= 4 is 23.9 Å². The second-order valence-electron chi connectivity index (χ2n) is 8.51. The number of nitrogens with zero attached hydrogens (tertiary/aromatic N) is 3. The molecule has 2 aliphatic heterocycles. The zero-order chi connectivity index (χ0) is 23.4. The minimum absolute atomic E-state index is 0.0819. The Morgan fingerprint density at radius 1 is 1.24 bits per heavy atom. The van der Waals surface area contributed by atoms with Gasteiger partial charge in [-0.3, -0.25) is 9.80 Å². The third-order valence-electron chi connectivity index (χ3n) is 6.52. The molecule has 0 atom stereocenters. The number of hydrazine groups is 1. The van der Waals surface area contributed by atoms with Crippen molar-refractivity contribution in [1.29, 1.82) is 0 Å². The van der Waals surface area contributed by atoms with Crippen LogP contribution < -0.4 is 22.0 Å². The maximum atomic E-state index is 12.6. The number of carbonyl (C=O) groups is 2. The van der Waals surface area contributed by atoms with Gasteiger partial charge in [-0.25, -0.2) is 10.6 Å². The van der Waals surface area contributed by atoms with E-state index in [0.29, 0.717) is 23.4 Å². The second kappa shape index (κ2) is 10.0. The highest BCUT2D eigenvalue weighted by molar-refractivity contribution is 5.95. The molecule has 1 amide bonds. The number of anilines is 1. The Morgan fingerprint density at radius 2 is 1.97 bits per heavy atom. The number of benzene rings is 2. The number of hydrazone groups is 1. The Hall–Kier alpha value is -3.43. The number of likely N-dealkylation sites (tertiary alicyclic amines) is 1. The van der Waals surface area contributed by atoms with E-state index in [1.807, 2.05) is 12.1 Å². The topological polar surface area (TPSA) is 126 Å². The van der Waals surface area contributed by atoms with E-state index in [9.17, 15) is 9.59 Å². The standard InChI is InChI=1S/C24H30N6O3/c1-16-17(4-7-21-22(16)14-33-24(21)32)8-11-29-12-9-19(10-13-29)28-23(31)18-2-5-20(6-3-18)30(26)15-27-25/h2-7,15,19H,8-14,25-26H2,1H3,(H,28,31)/b27-15-. The molecule has 4 rings (SSSR count). The van der Waals surface area contributed by atoms with Crippen LogP contribution in [0.25, 0.3) is 0 Å². The minimum Gasteiger partial charge on any atom is -0.457 e. The number of carbonyl (C=O) groups excluding carboxylic acids is 2. The summed E-state index contributed by atoms with van der Waals surface area (Å²) in [5.74, 6) is 10.6. The first kappa shape index (κ1) is 22.8. The molecule has 0 saturated carbocycles. The van der Waals surface area contributed by atoms with Crippen LogP contribution in [0.1, 0.15) is 50.2 Å². The van der Waals surface area contributed by atoms with Crippen LogP contribution >= 0.6 is 0 Å². The van der Waals surface area contributed by atoms with Gasteiger partial charge in [0.25, 0.3) is 5.91 Å². The lowest BCUT2D eigenvalue weighted by Crippen LogP contribution is -2.45. The molecule has 1 saturated heterocycles. The van der Waals surface area contributed by atoms with Crippen molar-refractivity contribution in [3.05, 3.63) is 64.2 Å². The third-order valence-corrected chi connectivity index (χ3v) is 6.52. The Morgan fingerprint density at radius 3 is 2.67 bits per heavy atom. The van der Waals surface area contributed by atoms with Crippen molar-refractivity contribution in [1.82, 2.24) is 10.2 Å². The SMILES string of the molecule is Cc1c(CCN2CCC(NC(=O)c3ccc(N(N)/C=N\N)cc3)CC2)ccc2c1COC2=O. The van der Waals surface area contributed by atoms with E-state index in [2.05, 4.69) is 22.2 Å². The van der Waals surface area contributed by atoms with Gasteiger partial charge in [0.2, 0.25) is 0 Å². The molecule has 0 aliphatic carbocycles. The molecule has 0 spiro atoms. The van der Waals surface area contributed by atoms with Crippen LogP contribution in [0.5, 0.6) is 0 Å². The maximum absolute atomic E-state index is 12.6. The molecule has 2 heterocycles. The van der Waals surface area contributed by atoms with Crippen LogP contribution in [0.15, 0.2) is 41.5 Å². The van der Waals surface area contributed by atoms with Crippen molar-refractivity contribution in [2.45, 2.75) is 38.8 Å². The van der Waals surface area contributed by atoms with Crippen LogP contribution in [0.2, 0.25) is 0 Å². The third kappa shape index (κ3) is 5.15. The molecule has 0 unspecified atom stereocenters. The first-order valence-corrected chi connectivity index (χ1v) is 11.2. The number of amides is 1. The van der Waals surface area contributed by atoms with Gasteiger partial charge in [0.1, 0.15) is 12.9 Å². The Kier molecular flexibility index (Phi) is 6.90. The van der Waals surface area contributed by atoms with Gasteiger partial charge in [-0.05, 0) is 67.6 Å². The van der Waals surface area contributed by atoms with Crippen LogP contribution in [-0.4, -0.2) is 48.8 Å². The fourth-order valence-electron chi connectivity index (χ4n) is 4.44. The van der Waals surface area contributed by atoms with Crippen LogP contribution in [-0.2, 0) is 17.8 Å². The van der Waals surface area contributed by atoms with E-state index in [4.69, 9.17) is 16.4 Å². The highest BCUT2D eigenvalue weighted by Gasteiger charge is 2.25. The molecule has 9 heteroatoms. The summed E-state index contributed by atoms with van der Waals surface area (Å²) in [6, 6.07) is 11.1. The van der Waals surface area contributed by atoms with Crippen molar-refractivity contribution in [3.63, 3.8) is 0 Å². The quantitative estimate of drug-likeness (QED) is 0.193. The number of hydrogen-bond acceptors (Lipinski definition) is 7. The first-order valence-electron chi connectivity index (χ1n) is 11.2. The summed E-state index contributed by atoms with van der Waals surface area (Å²) in [6.07, 6.45) is 4.06. The van der Waals surface area contributed by atoms with Gasteiger partial charge in [-0.15, -0.1) is 0 Å². The van der Waals surface area contributed by atoms with Crippen molar-refractivity contribution in [2.75, 3.05) is 24.6 Å². The van der Waals surface area contributed by atoms with Gasteiger partial charge in [-0.2, -0.15) is 5.10 Å². The predicted octanol–water partition coefficient (Wildman–Crippen LogP) is 1.68. The summed E-state index contributed by atoms with van der Waals surface area (Å²) in [5, 5.41) is 7.81. The van der Waals surface area contributed by atoms with E-state index in [-0.39, 0.29) is 17.9 Å². The summed E-state index contributed by atoms with van der Waals surface area (Å²) < 4.78 is 5.15. The van der Waals surface area contributed by atoms with Crippen LogP contribution in [0.3, 0.4) is 0 Å². The Labute approximate surface area is 193 Å². The maximum Gasteiger partial charge on any atom is 0.338 e. The molecule has 0 aromatic heterocycles. The van der Waals surface area contributed by atoms with Crippen molar-refractivity contribution in [3.8, 4) is 0 Å². The van der Waals surface area contributed by atoms with Gasteiger partial charge < -0.3 is 20.8 Å². The summed E-state index contributed by atoms with van der Waals surface area (Å²) in [7, 11) is 0. The molecule has 9 nitrogen and oxygen atoms in total. The average molecular weight is 451 g/mol. The summed E-state index contributed by atoms with van der Waals surface area (Å²) in [6.45, 7) is 5.29. The van der Waals surface area contributed by atoms with E-state index < -0.39 is 0 Å². The monoisotopic (exact) mass is 450 g/mol. The van der Waals surface area contributed by atoms with Gasteiger partial charge >= 0.3 is 5.97 Å². The molecule has 1 fully saturated rings. The molecule has 2 aromatic carbocycles. The predicted molar refractivity (Wildman–Crippen MR) is 127 cm³/mol. The number of fused-ring (bicyclic) bond motifs is 1. The number of esters is 1. The van der Waals surface area contributed by atoms with Gasteiger partial charge in [0, 0.05) is 36.8 Å². The lowest BCUT2D eigenvalue weighted by Gasteiger charge is -2.32. The number of rotatable bonds is 7. The molecule has 0 radical (unpaired) electrons. The number of ether oxygens (including phenoxy) is 1. The van der Waals surface area contributed by atoms with Crippen LogP contribution in [0, 0.1) is 6.92 Å². The molecule has 2 aliphatic rings. The zero-order valence-corrected chi connectivity index (χ0v) is 18.8. The fraction of sp³-hybridized carbons (Fsp3) is 0.375. The largest absolute Gasteiger partial charge is 0.457 e. The minimum atomic E-state index is -0.220. The van der Waals surface area contributed by atoms with E-state index in [1.165, 1.54) is 22.5 Å². The van der Waals surface area contributed by atoms with E-state index >= 15 is 0 Å². The summed E-state index contributed by atoms with van der Waals surface area (Å²) >= 11 is 0. The number of hydrogen-bond donors (Lipinski definition) is 3. The molecule has 0 bridgehead atoms. The molecular weight excluding hydrogens is 420 g/mol. The summed E-state index contributed by atoms with van der Waals surface area (Å²) in [5.41, 5.74) is 5.44. The molecule has 174 valence electrons. The number of nitrogens with two attached hydrogens (primary N) is 2. The molecule has 2 aromatic rings. The molecule has 33 heavy (non-hydrogen) atoms. The first-order chi connectivity index (χ1) is 16.0. The number of cyclic esters (lactones) is 1. The number of piperidine rings is 1. The highest BCUT2D eigenvalue weighted by atomic mass is 16.5. The lowest BCUT2D eigenvalue weighted by molar-refractivity contribution is 0.0534. The van der Waals surface area contributed by atoms with Crippen molar-refractivity contribution < 1.29 is 14.3 Å². The van der Waals surface area contributed by atoms with Crippen LogP contribution in [0.4, 0.5) is 5.69 Å². The van der Waals surface area contributed by atoms with Gasteiger partial charge in [-0.1, -0.05) is 6.07 Å². The number of nitrogens with one attached hydrogen (secondary N) is 1. The fourth-order valence-corrected chi connectivity index (χ4v) is 4.44. The molecular formula is C24H30N6O3. The van der Waals surface area contributed by atoms with E-state index in [1.54, 1.807) is 24.3 Å².